The monoisotopic (exact) mass is 305 g/mol. The van der Waals surface area contributed by atoms with Crippen LogP contribution in [-0.4, -0.2) is 24.3 Å². The molecule has 1 saturated carbocycles. The molecular weight excluding hydrogens is 278 g/mol. The molecule has 0 saturated heterocycles. The van der Waals surface area contributed by atoms with Gasteiger partial charge in [-0.15, -0.1) is 0 Å². The van der Waals surface area contributed by atoms with Gasteiger partial charge in [-0.2, -0.15) is 0 Å². The molecule has 0 aliphatic heterocycles. The van der Waals surface area contributed by atoms with Crippen LogP contribution < -0.4 is 10.1 Å². The first-order valence-electron chi connectivity index (χ1n) is 8.11. The van der Waals surface area contributed by atoms with Crippen molar-refractivity contribution in [3.05, 3.63) is 29.8 Å². The van der Waals surface area contributed by atoms with Crippen LogP contribution in [0, 0.1) is 0 Å². The second-order valence-electron chi connectivity index (χ2n) is 6.87. The van der Waals surface area contributed by atoms with E-state index in [-0.39, 0.29) is 12.1 Å². The Labute approximate surface area is 133 Å². The Balaban J connectivity index is 1.78. The minimum atomic E-state index is -0.452. The average Bonchev–Trinajstić information content (AvgIpc) is 3.16. The van der Waals surface area contributed by atoms with Crippen LogP contribution in [0.5, 0.6) is 5.75 Å². The summed E-state index contributed by atoms with van der Waals surface area (Å²) >= 11 is 0. The molecule has 0 aromatic heterocycles. The lowest BCUT2D eigenvalue weighted by Crippen LogP contribution is -2.34. The van der Waals surface area contributed by atoms with E-state index in [1.54, 1.807) is 0 Å². The SMILES string of the molecule is CCCCOc1ccc(C2CC2NC(=O)OC(C)(C)C)cc1. The fourth-order valence-electron chi connectivity index (χ4n) is 2.33. The summed E-state index contributed by atoms with van der Waals surface area (Å²) in [4.78, 5) is 11.7. The van der Waals surface area contributed by atoms with E-state index < -0.39 is 5.60 Å². The quantitative estimate of drug-likeness (QED) is 0.799. The van der Waals surface area contributed by atoms with E-state index in [1.807, 2.05) is 32.9 Å². The van der Waals surface area contributed by atoms with Crippen molar-refractivity contribution in [2.45, 2.75) is 64.5 Å². The Morgan fingerprint density at radius 1 is 1.27 bits per heavy atom. The van der Waals surface area contributed by atoms with Crippen molar-refractivity contribution in [3.8, 4) is 5.75 Å². The van der Waals surface area contributed by atoms with Crippen LogP contribution in [0.25, 0.3) is 0 Å². The second kappa shape index (κ2) is 7.03. The number of hydrogen-bond acceptors (Lipinski definition) is 3. The minimum absolute atomic E-state index is 0.182. The molecule has 1 N–H and O–H groups in total. The van der Waals surface area contributed by atoms with Gasteiger partial charge in [0.1, 0.15) is 11.4 Å². The Bertz CT molecular complexity index is 490. The number of benzene rings is 1. The average molecular weight is 305 g/mol. The van der Waals surface area contributed by atoms with Crippen LogP contribution in [0.1, 0.15) is 58.4 Å². The number of carbonyl (C=O) groups excluding carboxylic acids is 1. The molecule has 0 heterocycles. The molecule has 1 fully saturated rings. The zero-order valence-electron chi connectivity index (χ0n) is 14.0. The first kappa shape index (κ1) is 16.7. The molecule has 0 spiro atoms. The number of hydrogen-bond donors (Lipinski definition) is 1. The molecule has 1 aliphatic rings. The number of ether oxygens (including phenoxy) is 2. The fraction of sp³-hybridized carbons (Fsp3) is 0.611. The van der Waals surface area contributed by atoms with Crippen molar-refractivity contribution in [1.82, 2.24) is 5.32 Å². The highest BCUT2D eigenvalue weighted by Gasteiger charge is 2.40. The van der Waals surface area contributed by atoms with Gasteiger partial charge in [-0.25, -0.2) is 4.79 Å². The standard InChI is InChI=1S/C18H27NO3/c1-5-6-11-21-14-9-7-13(8-10-14)15-12-16(15)19-17(20)22-18(2,3)4/h7-10,15-16H,5-6,11-12H2,1-4H3,(H,19,20). The number of unbranched alkanes of at least 4 members (excludes halogenated alkanes) is 1. The van der Waals surface area contributed by atoms with Crippen LogP contribution in [0.4, 0.5) is 4.79 Å². The highest BCUT2D eigenvalue weighted by atomic mass is 16.6. The van der Waals surface area contributed by atoms with E-state index in [4.69, 9.17) is 9.47 Å². The van der Waals surface area contributed by atoms with Crippen molar-refractivity contribution < 1.29 is 14.3 Å². The normalized spacial score (nSPS) is 20.4. The molecule has 2 atom stereocenters. The lowest BCUT2D eigenvalue weighted by molar-refractivity contribution is 0.0523. The van der Waals surface area contributed by atoms with Gasteiger partial charge < -0.3 is 14.8 Å². The summed E-state index contributed by atoms with van der Waals surface area (Å²) in [6, 6.07) is 8.37. The summed E-state index contributed by atoms with van der Waals surface area (Å²) in [5, 5.41) is 2.92. The van der Waals surface area contributed by atoms with Gasteiger partial charge in [0.05, 0.1) is 6.61 Å². The van der Waals surface area contributed by atoms with Crippen LogP contribution in [0.15, 0.2) is 24.3 Å². The maximum Gasteiger partial charge on any atom is 0.407 e. The summed E-state index contributed by atoms with van der Waals surface area (Å²) in [5.41, 5.74) is 0.787. The number of carbonyl (C=O) groups is 1. The highest BCUT2D eigenvalue weighted by Crippen LogP contribution is 2.41. The summed E-state index contributed by atoms with van der Waals surface area (Å²) in [6.45, 7) is 8.52. The maximum absolute atomic E-state index is 11.7. The smallest absolute Gasteiger partial charge is 0.407 e. The molecule has 4 heteroatoms. The van der Waals surface area contributed by atoms with Gasteiger partial charge in [0, 0.05) is 12.0 Å². The van der Waals surface area contributed by atoms with E-state index >= 15 is 0 Å². The molecule has 1 aliphatic carbocycles. The molecule has 22 heavy (non-hydrogen) atoms. The zero-order chi connectivity index (χ0) is 16.2. The van der Waals surface area contributed by atoms with Gasteiger partial charge in [0.25, 0.3) is 0 Å². The van der Waals surface area contributed by atoms with Gasteiger partial charge in [-0.05, 0) is 51.3 Å². The number of amides is 1. The number of alkyl carbamates (subject to hydrolysis) is 1. The van der Waals surface area contributed by atoms with Crippen molar-refractivity contribution in [1.29, 1.82) is 0 Å². The van der Waals surface area contributed by atoms with Crippen molar-refractivity contribution in [3.63, 3.8) is 0 Å². The Morgan fingerprint density at radius 2 is 1.95 bits per heavy atom. The van der Waals surface area contributed by atoms with Crippen LogP contribution >= 0.6 is 0 Å². The van der Waals surface area contributed by atoms with E-state index in [0.717, 1.165) is 31.6 Å². The third kappa shape index (κ3) is 5.24. The maximum atomic E-state index is 11.7. The first-order valence-corrected chi connectivity index (χ1v) is 8.11. The minimum Gasteiger partial charge on any atom is -0.494 e. The Kier molecular flexibility index (Phi) is 5.33. The molecule has 4 nitrogen and oxygen atoms in total. The topological polar surface area (TPSA) is 47.6 Å². The van der Waals surface area contributed by atoms with Crippen molar-refractivity contribution >= 4 is 6.09 Å². The predicted molar refractivity (Wildman–Crippen MR) is 87.4 cm³/mol. The number of rotatable bonds is 6. The van der Waals surface area contributed by atoms with Gasteiger partial charge in [0.15, 0.2) is 0 Å². The molecule has 1 aromatic rings. The molecule has 0 bridgehead atoms. The number of nitrogens with one attached hydrogen (secondary N) is 1. The van der Waals surface area contributed by atoms with Crippen LogP contribution in [0.3, 0.4) is 0 Å². The third-order valence-corrected chi connectivity index (χ3v) is 3.57. The highest BCUT2D eigenvalue weighted by molar-refractivity contribution is 5.69. The van der Waals surface area contributed by atoms with Crippen molar-refractivity contribution in [2.24, 2.45) is 0 Å². The molecular formula is C18H27NO3. The summed E-state index contributed by atoms with van der Waals surface area (Å²) in [6.07, 6.45) is 2.85. The van der Waals surface area contributed by atoms with Gasteiger partial charge >= 0.3 is 6.09 Å². The van der Waals surface area contributed by atoms with E-state index in [1.165, 1.54) is 5.56 Å². The van der Waals surface area contributed by atoms with E-state index in [9.17, 15) is 4.79 Å². The molecule has 0 radical (unpaired) electrons. The lowest BCUT2D eigenvalue weighted by atomic mass is 10.1. The predicted octanol–water partition coefficient (Wildman–Crippen LogP) is 4.25. The van der Waals surface area contributed by atoms with Gasteiger partial charge in [-0.1, -0.05) is 25.5 Å². The molecule has 2 rings (SSSR count). The molecule has 122 valence electrons. The molecule has 1 amide bonds. The largest absolute Gasteiger partial charge is 0.494 e. The third-order valence-electron chi connectivity index (χ3n) is 3.57. The van der Waals surface area contributed by atoms with Crippen molar-refractivity contribution in [2.75, 3.05) is 6.61 Å². The van der Waals surface area contributed by atoms with Gasteiger partial charge in [-0.3, -0.25) is 0 Å². The summed E-state index contributed by atoms with van der Waals surface area (Å²) in [7, 11) is 0. The first-order chi connectivity index (χ1) is 10.4. The van der Waals surface area contributed by atoms with Crippen LogP contribution in [-0.2, 0) is 4.74 Å². The molecule has 1 aromatic carbocycles. The fourth-order valence-corrected chi connectivity index (χ4v) is 2.33. The van der Waals surface area contributed by atoms with E-state index in [0.29, 0.717) is 5.92 Å². The van der Waals surface area contributed by atoms with Gasteiger partial charge in [0.2, 0.25) is 0 Å². The summed E-state index contributed by atoms with van der Waals surface area (Å²) in [5.74, 6) is 1.30. The Morgan fingerprint density at radius 3 is 2.55 bits per heavy atom. The Hall–Kier alpha value is -1.71. The second-order valence-corrected chi connectivity index (χ2v) is 6.87. The zero-order valence-corrected chi connectivity index (χ0v) is 14.0. The summed E-state index contributed by atoms with van der Waals surface area (Å²) < 4.78 is 10.9. The molecule has 2 unspecified atom stereocenters. The lowest BCUT2D eigenvalue weighted by Gasteiger charge is -2.19. The van der Waals surface area contributed by atoms with E-state index in [2.05, 4.69) is 24.4 Å². The van der Waals surface area contributed by atoms with Crippen LogP contribution in [0.2, 0.25) is 0 Å².